The molecule has 42 heavy (non-hydrogen) atoms. The number of aliphatic carboxylic acids is 1. The van der Waals surface area contributed by atoms with Gasteiger partial charge < -0.3 is 15.7 Å². The fourth-order valence-corrected chi connectivity index (χ4v) is 5.14. The van der Waals surface area contributed by atoms with Gasteiger partial charge in [-0.25, -0.2) is 0 Å². The molecule has 2 fully saturated rings. The Morgan fingerprint density at radius 1 is 0.810 bits per heavy atom. The number of piperazine rings is 1. The van der Waals surface area contributed by atoms with E-state index < -0.39 is 12.4 Å². The molecule has 0 bridgehead atoms. The van der Waals surface area contributed by atoms with Crippen LogP contribution in [0.15, 0.2) is 66.7 Å². The van der Waals surface area contributed by atoms with E-state index in [1.807, 2.05) is 78.6 Å². The number of hydrogen-bond donors (Lipinski definition) is 3. The molecule has 2 aliphatic rings. The van der Waals surface area contributed by atoms with Crippen LogP contribution >= 0.6 is 0 Å². The maximum Gasteiger partial charge on any atom is 0.310 e. The molecule has 218 valence electrons. The lowest BCUT2D eigenvalue weighted by Gasteiger charge is -2.34. The Bertz CT molecular complexity index is 1460. The summed E-state index contributed by atoms with van der Waals surface area (Å²) >= 11 is 0. The number of ketones is 1. The van der Waals surface area contributed by atoms with Gasteiger partial charge in [-0.1, -0.05) is 30.3 Å². The Balaban J connectivity index is 1.11. The van der Waals surface area contributed by atoms with Crippen LogP contribution in [0.1, 0.15) is 40.7 Å². The topological polar surface area (TPSA) is 119 Å². The third-order valence-corrected chi connectivity index (χ3v) is 7.74. The van der Waals surface area contributed by atoms with E-state index in [9.17, 15) is 19.2 Å². The summed E-state index contributed by atoms with van der Waals surface area (Å²) in [7, 11) is 0. The van der Waals surface area contributed by atoms with Crippen molar-refractivity contribution in [2.45, 2.75) is 32.7 Å². The number of hydrogen-bond acceptors (Lipinski definition) is 6. The van der Waals surface area contributed by atoms with Gasteiger partial charge in [-0.2, -0.15) is 0 Å². The molecule has 0 aromatic heterocycles. The first-order chi connectivity index (χ1) is 20.2. The average Bonchev–Trinajstić information content (AvgIpc) is 3.82. The third kappa shape index (κ3) is 7.90. The summed E-state index contributed by atoms with van der Waals surface area (Å²) in [5, 5.41) is 14.7. The molecule has 3 N–H and O–H groups in total. The van der Waals surface area contributed by atoms with Crippen LogP contribution in [-0.2, 0) is 20.9 Å². The number of carbonyl (C=O) groups excluding carboxylic acids is 3. The second kappa shape index (κ2) is 13.1. The van der Waals surface area contributed by atoms with Crippen LogP contribution in [0.2, 0.25) is 0 Å². The summed E-state index contributed by atoms with van der Waals surface area (Å²) in [4.78, 5) is 51.8. The largest absolute Gasteiger partial charge is 0.481 e. The SMILES string of the molecule is Cc1ccc(NC(=O)C2CC2)cc1-c1ccc(C(=O)Nc2ccc(CN3CCN(CC(=O)CC(=O)O)CC3)cc2)cc1. The third-order valence-electron chi connectivity index (χ3n) is 7.74. The summed E-state index contributed by atoms with van der Waals surface area (Å²) < 4.78 is 0. The summed E-state index contributed by atoms with van der Waals surface area (Å²) in [5.74, 6) is -1.32. The Morgan fingerprint density at radius 2 is 1.45 bits per heavy atom. The minimum absolute atomic E-state index is 0.0770. The molecule has 1 heterocycles. The lowest BCUT2D eigenvalue weighted by Crippen LogP contribution is -2.47. The first-order valence-electron chi connectivity index (χ1n) is 14.3. The minimum Gasteiger partial charge on any atom is -0.481 e. The van der Waals surface area contributed by atoms with Crippen molar-refractivity contribution in [3.05, 3.63) is 83.4 Å². The number of carbonyl (C=O) groups is 4. The second-order valence-corrected chi connectivity index (χ2v) is 11.2. The Kier molecular flexibility index (Phi) is 9.09. The number of rotatable bonds is 11. The molecule has 0 spiro atoms. The molecule has 0 radical (unpaired) electrons. The van der Waals surface area contributed by atoms with Gasteiger partial charge in [0.2, 0.25) is 5.91 Å². The highest BCUT2D eigenvalue weighted by Gasteiger charge is 2.29. The summed E-state index contributed by atoms with van der Waals surface area (Å²) in [6, 6.07) is 21.2. The van der Waals surface area contributed by atoms with Crippen LogP contribution < -0.4 is 10.6 Å². The van der Waals surface area contributed by atoms with Crippen LogP contribution in [0.4, 0.5) is 11.4 Å². The molecule has 1 saturated carbocycles. The number of carboxylic acid groups (broad SMARTS) is 1. The number of amides is 2. The molecular weight excluding hydrogens is 532 g/mol. The molecule has 3 aromatic carbocycles. The monoisotopic (exact) mass is 568 g/mol. The van der Waals surface area contributed by atoms with Gasteiger partial charge in [-0.3, -0.25) is 29.0 Å². The van der Waals surface area contributed by atoms with Gasteiger partial charge in [0.25, 0.3) is 5.91 Å². The molecule has 5 rings (SSSR count). The van der Waals surface area contributed by atoms with Crippen LogP contribution in [0, 0.1) is 12.8 Å². The number of aryl methyl sites for hydroxylation is 1. The highest BCUT2D eigenvalue weighted by atomic mass is 16.4. The molecule has 9 heteroatoms. The zero-order chi connectivity index (χ0) is 29.6. The van der Waals surface area contributed by atoms with Crippen LogP contribution in [0.25, 0.3) is 11.1 Å². The smallest absolute Gasteiger partial charge is 0.310 e. The van der Waals surface area contributed by atoms with E-state index in [0.29, 0.717) is 11.3 Å². The van der Waals surface area contributed by atoms with E-state index in [4.69, 9.17) is 5.11 Å². The average molecular weight is 569 g/mol. The van der Waals surface area contributed by atoms with Crippen LogP contribution in [-0.4, -0.2) is 71.2 Å². The first kappa shape index (κ1) is 29.2. The van der Waals surface area contributed by atoms with E-state index in [2.05, 4.69) is 15.5 Å². The number of carboxylic acids is 1. The molecule has 2 amide bonds. The number of nitrogens with zero attached hydrogens (tertiary/aromatic N) is 2. The van der Waals surface area contributed by atoms with E-state index in [1.165, 1.54) is 0 Å². The quantitative estimate of drug-likeness (QED) is 0.293. The highest BCUT2D eigenvalue weighted by Crippen LogP contribution is 2.32. The Morgan fingerprint density at radius 3 is 2.10 bits per heavy atom. The zero-order valence-electron chi connectivity index (χ0n) is 23.8. The maximum absolute atomic E-state index is 12.9. The van der Waals surface area contributed by atoms with Crippen molar-refractivity contribution in [1.82, 2.24) is 9.80 Å². The first-order valence-corrected chi connectivity index (χ1v) is 14.3. The fourth-order valence-electron chi connectivity index (χ4n) is 5.14. The molecule has 1 saturated heterocycles. The Labute approximate surface area is 245 Å². The van der Waals surface area contributed by atoms with Crippen molar-refractivity contribution in [1.29, 1.82) is 0 Å². The van der Waals surface area contributed by atoms with Gasteiger partial charge in [0.1, 0.15) is 6.42 Å². The van der Waals surface area contributed by atoms with Gasteiger partial charge >= 0.3 is 5.97 Å². The highest BCUT2D eigenvalue weighted by molar-refractivity contribution is 6.04. The number of benzene rings is 3. The molecule has 1 aliphatic heterocycles. The number of Topliss-reactive ketones (excluding diaryl/α,β-unsaturated/α-hetero) is 1. The molecule has 9 nitrogen and oxygen atoms in total. The van der Waals surface area contributed by atoms with Crippen molar-refractivity contribution in [2.24, 2.45) is 5.92 Å². The van der Waals surface area contributed by atoms with Gasteiger partial charge in [0, 0.05) is 55.6 Å². The lowest BCUT2D eigenvalue weighted by molar-refractivity contribution is -0.140. The summed E-state index contributed by atoms with van der Waals surface area (Å²) in [5.41, 5.74) is 6.25. The van der Waals surface area contributed by atoms with Crippen molar-refractivity contribution >= 4 is 34.9 Å². The van der Waals surface area contributed by atoms with Crippen molar-refractivity contribution in [3.8, 4) is 11.1 Å². The summed E-state index contributed by atoms with van der Waals surface area (Å²) in [6.45, 7) is 6.02. The lowest BCUT2D eigenvalue weighted by atomic mass is 9.98. The van der Waals surface area contributed by atoms with Crippen molar-refractivity contribution in [2.75, 3.05) is 43.4 Å². The second-order valence-electron chi connectivity index (χ2n) is 11.2. The maximum atomic E-state index is 12.9. The minimum atomic E-state index is -1.08. The van der Waals surface area contributed by atoms with E-state index in [0.717, 1.165) is 73.5 Å². The predicted molar refractivity (Wildman–Crippen MR) is 161 cm³/mol. The zero-order valence-corrected chi connectivity index (χ0v) is 23.8. The molecule has 1 aliphatic carbocycles. The van der Waals surface area contributed by atoms with E-state index in [-0.39, 0.29) is 30.1 Å². The van der Waals surface area contributed by atoms with Crippen LogP contribution in [0.3, 0.4) is 0 Å². The normalized spacial score (nSPS) is 15.6. The van der Waals surface area contributed by atoms with Crippen molar-refractivity contribution in [3.63, 3.8) is 0 Å². The fraction of sp³-hybridized carbons (Fsp3) is 0.333. The Hall–Kier alpha value is -4.34. The van der Waals surface area contributed by atoms with Gasteiger partial charge in [-0.05, 0) is 78.4 Å². The van der Waals surface area contributed by atoms with E-state index in [1.54, 1.807) is 0 Å². The molecular formula is C33H36N4O5. The van der Waals surface area contributed by atoms with Gasteiger partial charge in [0.05, 0.1) is 6.54 Å². The molecule has 0 unspecified atom stereocenters. The van der Waals surface area contributed by atoms with E-state index >= 15 is 0 Å². The molecule has 3 aromatic rings. The standard InChI is InChI=1S/C33H36N4O5/c1-22-2-11-28(35-33(42)26-9-10-26)18-30(22)24-5-7-25(8-6-24)32(41)34-27-12-3-23(4-13-27)20-36-14-16-37(17-15-36)21-29(38)19-31(39)40/h2-8,11-13,18,26H,9-10,14-17,19-21H2,1H3,(H,34,41)(H,35,42)(H,39,40). The van der Waals surface area contributed by atoms with Gasteiger partial charge in [-0.15, -0.1) is 0 Å². The van der Waals surface area contributed by atoms with Gasteiger partial charge in [0.15, 0.2) is 5.78 Å². The summed E-state index contributed by atoms with van der Waals surface area (Å²) in [6.07, 6.45) is 1.49. The molecule has 0 atom stereocenters. The van der Waals surface area contributed by atoms with Crippen molar-refractivity contribution < 1.29 is 24.3 Å². The predicted octanol–water partition coefficient (Wildman–Crippen LogP) is 4.42. The number of nitrogens with one attached hydrogen (secondary N) is 2. The van der Waals surface area contributed by atoms with Crippen LogP contribution in [0.5, 0.6) is 0 Å². The number of anilines is 2.